The lowest BCUT2D eigenvalue weighted by atomic mass is 10.0. The number of nitrogens with one attached hydrogen (secondary N) is 2. The first-order chi connectivity index (χ1) is 19.7. The van der Waals surface area contributed by atoms with E-state index in [2.05, 4.69) is 22.2 Å². The van der Waals surface area contributed by atoms with Crippen molar-refractivity contribution >= 4 is 64.5 Å². The van der Waals surface area contributed by atoms with E-state index in [0.29, 0.717) is 46.7 Å². The number of amides is 2. The molecular formula is C31H32Cl2N4O4. The molecule has 214 valence electrons. The van der Waals surface area contributed by atoms with Gasteiger partial charge in [0.1, 0.15) is 17.3 Å². The maximum absolute atomic E-state index is 12.4. The summed E-state index contributed by atoms with van der Waals surface area (Å²) in [6.07, 6.45) is 7.66. The number of ether oxygens (including phenoxy) is 2. The molecule has 0 bridgehead atoms. The van der Waals surface area contributed by atoms with Crippen LogP contribution in [0.4, 0.5) is 17.2 Å². The Balaban J connectivity index is 1.78. The summed E-state index contributed by atoms with van der Waals surface area (Å²) in [5.41, 5.74) is 4.84. The summed E-state index contributed by atoms with van der Waals surface area (Å²) in [6, 6.07) is 9.10. The minimum Gasteiger partial charge on any atom is -0.495 e. The average Bonchev–Trinajstić information content (AvgIpc) is 3.78. The van der Waals surface area contributed by atoms with Crippen LogP contribution in [0.2, 0.25) is 10.0 Å². The van der Waals surface area contributed by atoms with Crippen molar-refractivity contribution in [1.82, 2.24) is 9.88 Å². The van der Waals surface area contributed by atoms with Gasteiger partial charge in [0.05, 0.1) is 41.3 Å². The van der Waals surface area contributed by atoms with Crippen LogP contribution in [0.1, 0.15) is 35.1 Å². The van der Waals surface area contributed by atoms with Crippen molar-refractivity contribution in [1.29, 1.82) is 0 Å². The molecule has 2 amide bonds. The van der Waals surface area contributed by atoms with Crippen LogP contribution in [-0.4, -0.2) is 43.0 Å². The van der Waals surface area contributed by atoms with E-state index in [1.807, 2.05) is 38.1 Å². The molecule has 0 atom stereocenters. The van der Waals surface area contributed by atoms with E-state index in [-0.39, 0.29) is 16.0 Å². The van der Waals surface area contributed by atoms with E-state index in [4.69, 9.17) is 32.7 Å². The summed E-state index contributed by atoms with van der Waals surface area (Å²) in [6.45, 7) is 7.93. The number of halogens is 2. The van der Waals surface area contributed by atoms with Gasteiger partial charge in [-0.3, -0.25) is 9.59 Å². The molecule has 2 N–H and O–H groups in total. The second kappa shape index (κ2) is 13.1. The van der Waals surface area contributed by atoms with Crippen LogP contribution in [0, 0.1) is 19.8 Å². The molecule has 3 aromatic rings. The SMILES string of the molecule is C=CC(=O)Nc1cccc(C)c1Nc1cc(C)c(/C=C(/c2c(Cl)c(OC)cc(OC)c2Cl)N(C=O)CC2CC2)cn1. The van der Waals surface area contributed by atoms with Gasteiger partial charge in [0, 0.05) is 24.4 Å². The first-order valence-corrected chi connectivity index (χ1v) is 13.8. The number of nitrogens with zero attached hydrogens (tertiary/aromatic N) is 2. The first kappa shape index (κ1) is 30.0. The molecule has 1 saturated carbocycles. The van der Waals surface area contributed by atoms with E-state index in [9.17, 15) is 9.59 Å². The average molecular weight is 596 g/mol. The highest BCUT2D eigenvalue weighted by Gasteiger charge is 2.29. The number of rotatable bonds is 12. The van der Waals surface area contributed by atoms with Gasteiger partial charge in [-0.05, 0) is 73.6 Å². The van der Waals surface area contributed by atoms with E-state index in [1.54, 1.807) is 23.2 Å². The van der Waals surface area contributed by atoms with Gasteiger partial charge in [0.15, 0.2) is 0 Å². The van der Waals surface area contributed by atoms with Gasteiger partial charge in [-0.25, -0.2) is 4.98 Å². The Hall–Kier alpha value is -4.01. The summed E-state index contributed by atoms with van der Waals surface area (Å²) in [5, 5.41) is 6.67. The van der Waals surface area contributed by atoms with Crippen molar-refractivity contribution in [2.75, 3.05) is 31.4 Å². The quantitative estimate of drug-likeness (QED) is 0.169. The highest BCUT2D eigenvalue weighted by Crippen LogP contribution is 2.45. The number of aromatic nitrogens is 1. The van der Waals surface area contributed by atoms with Crippen LogP contribution >= 0.6 is 23.2 Å². The number of pyridine rings is 1. The maximum atomic E-state index is 12.4. The van der Waals surface area contributed by atoms with Crippen molar-refractivity contribution in [3.63, 3.8) is 0 Å². The molecular weight excluding hydrogens is 563 g/mol. The fourth-order valence-electron chi connectivity index (χ4n) is 4.37. The molecule has 0 unspecified atom stereocenters. The van der Waals surface area contributed by atoms with E-state index >= 15 is 0 Å². The molecule has 1 aliphatic carbocycles. The van der Waals surface area contributed by atoms with Crippen molar-refractivity contribution in [2.24, 2.45) is 5.92 Å². The van der Waals surface area contributed by atoms with Crippen LogP contribution < -0.4 is 20.1 Å². The highest BCUT2D eigenvalue weighted by atomic mass is 35.5. The number of hydrogen-bond acceptors (Lipinski definition) is 6. The summed E-state index contributed by atoms with van der Waals surface area (Å²) < 4.78 is 11.0. The minimum atomic E-state index is -0.312. The van der Waals surface area contributed by atoms with Crippen LogP contribution in [0.25, 0.3) is 11.8 Å². The third-order valence-corrected chi connectivity index (χ3v) is 7.58. The molecule has 1 aromatic heterocycles. The van der Waals surface area contributed by atoms with Gasteiger partial charge in [-0.1, -0.05) is 41.9 Å². The van der Waals surface area contributed by atoms with Crippen LogP contribution in [0.15, 0.2) is 49.2 Å². The predicted octanol–water partition coefficient (Wildman–Crippen LogP) is 7.26. The van der Waals surface area contributed by atoms with E-state index < -0.39 is 0 Å². The Morgan fingerprint density at radius 3 is 2.37 bits per heavy atom. The zero-order chi connectivity index (χ0) is 29.7. The normalized spacial score (nSPS) is 12.9. The van der Waals surface area contributed by atoms with Gasteiger partial charge in [-0.2, -0.15) is 0 Å². The topological polar surface area (TPSA) is 92.8 Å². The molecule has 0 aliphatic heterocycles. The molecule has 1 fully saturated rings. The molecule has 1 heterocycles. The van der Waals surface area contributed by atoms with Gasteiger partial charge in [0.2, 0.25) is 12.3 Å². The molecule has 1 aliphatic rings. The minimum absolute atomic E-state index is 0.268. The Morgan fingerprint density at radius 1 is 1.12 bits per heavy atom. The number of methoxy groups -OCH3 is 2. The van der Waals surface area contributed by atoms with Crippen LogP contribution in [-0.2, 0) is 9.59 Å². The molecule has 41 heavy (non-hydrogen) atoms. The van der Waals surface area contributed by atoms with Crippen LogP contribution in [0.3, 0.4) is 0 Å². The lowest BCUT2D eigenvalue weighted by Crippen LogP contribution is -2.23. The third kappa shape index (κ3) is 6.84. The van der Waals surface area contributed by atoms with Crippen molar-refractivity contribution < 1.29 is 19.1 Å². The number of carbonyl (C=O) groups excluding carboxylic acids is 2. The zero-order valence-corrected chi connectivity index (χ0v) is 24.9. The molecule has 10 heteroatoms. The predicted molar refractivity (Wildman–Crippen MR) is 165 cm³/mol. The van der Waals surface area contributed by atoms with Gasteiger partial charge in [-0.15, -0.1) is 0 Å². The Bertz CT molecular complexity index is 1490. The highest BCUT2D eigenvalue weighted by molar-refractivity contribution is 6.39. The Kier molecular flexibility index (Phi) is 9.57. The fraction of sp³-hybridized carbons (Fsp3) is 0.258. The van der Waals surface area contributed by atoms with Gasteiger partial charge >= 0.3 is 0 Å². The Morgan fingerprint density at radius 2 is 1.80 bits per heavy atom. The van der Waals surface area contributed by atoms with Gasteiger partial charge < -0.3 is 25.0 Å². The smallest absolute Gasteiger partial charge is 0.247 e. The molecule has 4 rings (SSSR count). The van der Waals surface area contributed by atoms with Crippen molar-refractivity contribution in [2.45, 2.75) is 26.7 Å². The lowest BCUT2D eigenvalue weighted by Gasteiger charge is -2.25. The van der Waals surface area contributed by atoms with Crippen LogP contribution in [0.5, 0.6) is 11.5 Å². The summed E-state index contributed by atoms with van der Waals surface area (Å²) in [4.78, 5) is 30.6. The largest absolute Gasteiger partial charge is 0.495 e. The molecule has 0 radical (unpaired) electrons. The number of anilines is 3. The third-order valence-electron chi connectivity index (χ3n) is 6.83. The zero-order valence-electron chi connectivity index (χ0n) is 23.4. The standard InChI is InChI=1S/C31H32Cl2N4O4/c1-6-27(39)35-22-9-7-8-18(2)31(22)36-26-12-19(3)21(15-34-26)13-23(37(17-38)16-20-10-11-20)28-29(32)24(40-4)14-25(41-5)30(28)33/h6-9,12-15,17,20H,1,10-11,16H2,2-5H3,(H,34,36)(H,35,39)/b23-13-. The van der Waals surface area contributed by atoms with Crippen molar-refractivity contribution in [3.8, 4) is 11.5 Å². The molecule has 0 saturated heterocycles. The number of hydrogen-bond donors (Lipinski definition) is 2. The molecule has 0 spiro atoms. The molecule has 2 aromatic carbocycles. The first-order valence-electron chi connectivity index (χ1n) is 13.0. The molecule has 8 nitrogen and oxygen atoms in total. The summed E-state index contributed by atoms with van der Waals surface area (Å²) in [7, 11) is 3.01. The van der Waals surface area contributed by atoms with Gasteiger partial charge in [0.25, 0.3) is 0 Å². The fourth-order valence-corrected chi connectivity index (χ4v) is 5.06. The summed E-state index contributed by atoms with van der Waals surface area (Å²) in [5.74, 6) is 1.42. The second-order valence-corrected chi connectivity index (χ2v) is 10.5. The van der Waals surface area contributed by atoms with E-state index in [0.717, 1.165) is 41.6 Å². The lowest BCUT2D eigenvalue weighted by molar-refractivity contribution is -0.115. The Labute approximate surface area is 250 Å². The number of para-hydroxylation sites is 1. The monoisotopic (exact) mass is 594 g/mol. The number of benzene rings is 2. The summed E-state index contributed by atoms with van der Waals surface area (Å²) >= 11 is 13.6. The van der Waals surface area contributed by atoms with E-state index in [1.165, 1.54) is 20.3 Å². The van der Waals surface area contributed by atoms with Crippen molar-refractivity contribution in [3.05, 3.63) is 81.5 Å². The second-order valence-electron chi connectivity index (χ2n) is 9.76. The number of carbonyl (C=O) groups is 2. The number of aryl methyl sites for hydroxylation is 2. The maximum Gasteiger partial charge on any atom is 0.247 e.